The number of hydrogen-bond acceptors (Lipinski definition) is 2. The summed E-state index contributed by atoms with van der Waals surface area (Å²) >= 11 is 0. The van der Waals surface area contributed by atoms with E-state index in [0.717, 1.165) is 45.3 Å². The van der Waals surface area contributed by atoms with Crippen LogP contribution in [0.25, 0.3) is 33.8 Å². The minimum Gasteiger partial charge on any atom is -0.490 e. The maximum atomic E-state index is 6.34. The molecule has 158 valence electrons. The Morgan fingerprint density at radius 2 is 1.03 bits per heavy atom. The molecule has 32 heavy (non-hydrogen) atoms. The van der Waals surface area contributed by atoms with Gasteiger partial charge in [-0.15, -0.1) is 0 Å². The van der Waals surface area contributed by atoms with Crippen molar-refractivity contribution in [3.05, 3.63) is 116 Å². The fraction of sp³-hybridized carbons (Fsp3) is 0.0690. The Kier molecular flexibility index (Phi) is 6.78. The van der Waals surface area contributed by atoms with Crippen LogP contribution in [0.4, 0.5) is 0 Å². The maximum absolute atomic E-state index is 6.34. The van der Waals surface area contributed by atoms with Gasteiger partial charge in [0.05, 0.1) is 23.3 Å². The Morgan fingerprint density at radius 1 is 0.562 bits per heavy atom. The third-order valence-electron chi connectivity index (χ3n) is 4.91. The zero-order valence-corrected chi connectivity index (χ0v) is 17.9. The Labute approximate surface area is 188 Å². The average Bonchev–Trinajstić information content (AvgIpc) is 2.87. The molecular formula is C29H25O3+. The molecule has 0 saturated carbocycles. The van der Waals surface area contributed by atoms with Gasteiger partial charge in [0.15, 0.2) is 0 Å². The normalized spacial score (nSPS) is 10.4. The summed E-state index contributed by atoms with van der Waals surface area (Å²) in [6, 6.07) is 30.2. The second-order valence-electron chi connectivity index (χ2n) is 7.19. The van der Waals surface area contributed by atoms with E-state index >= 15 is 0 Å². The molecule has 0 aliphatic carbocycles. The first-order valence-corrected chi connectivity index (χ1v) is 10.5. The number of ether oxygens (including phenoxy) is 2. The van der Waals surface area contributed by atoms with Gasteiger partial charge in [-0.2, -0.15) is 0 Å². The molecule has 3 heteroatoms. The molecule has 0 spiro atoms. The molecule has 0 unspecified atom stereocenters. The standard InChI is InChI=1S/C29H25O3/c1-3-18-30-26-14-10-23(11-15-26)28-20-25(22-8-6-5-7-9-22)21-29(32-28)24-12-16-27(17-13-24)31-19-4-2/h3-17,20-21H,1-2,18-19H2/q+1. The fourth-order valence-electron chi connectivity index (χ4n) is 3.32. The number of hydrogen-bond donors (Lipinski definition) is 0. The molecule has 1 heterocycles. The second kappa shape index (κ2) is 10.3. The monoisotopic (exact) mass is 421 g/mol. The molecule has 0 atom stereocenters. The highest BCUT2D eigenvalue weighted by Crippen LogP contribution is 2.34. The first kappa shape index (κ1) is 21.1. The van der Waals surface area contributed by atoms with Crippen molar-refractivity contribution in [3.63, 3.8) is 0 Å². The lowest BCUT2D eigenvalue weighted by atomic mass is 10.0. The van der Waals surface area contributed by atoms with E-state index in [4.69, 9.17) is 13.9 Å². The van der Waals surface area contributed by atoms with Gasteiger partial charge in [0.2, 0.25) is 0 Å². The Morgan fingerprint density at radius 3 is 1.47 bits per heavy atom. The fourth-order valence-corrected chi connectivity index (χ4v) is 3.32. The van der Waals surface area contributed by atoms with Gasteiger partial charge in [-0.3, -0.25) is 0 Å². The van der Waals surface area contributed by atoms with E-state index in [1.54, 1.807) is 12.2 Å². The van der Waals surface area contributed by atoms with Crippen LogP contribution in [0.15, 0.2) is 121 Å². The lowest BCUT2D eigenvalue weighted by Gasteiger charge is -2.05. The molecule has 4 aromatic rings. The van der Waals surface area contributed by atoms with Gasteiger partial charge in [-0.05, 0) is 54.1 Å². The zero-order chi connectivity index (χ0) is 22.2. The van der Waals surface area contributed by atoms with E-state index in [1.807, 2.05) is 66.7 Å². The Bertz CT molecular complexity index is 1100. The summed E-state index contributed by atoms with van der Waals surface area (Å²) in [7, 11) is 0. The first-order valence-electron chi connectivity index (χ1n) is 10.5. The summed E-state index contributed by atoms with van der Waals surface area (Å²) in [5.41, 5.74) is 4.16. The molecule has 0 bridgehead atoms. The van der Waals surface area contributed by atoms with Crippen molar-refractivity contribution in [1.29, 1.82) is 0 Å². The molecule has 0 N–H and O–H groups in total. The number of benzene rings is 3. The SMILES string of the molecule is C=CCOc1ccc(-c2cc(-c3ccccc3)cc(-c3ccc(OCC=C)cc3)[o+]2)cc1. The van der Waals surface area contributed by atoms with Crippen molar-refractivity contribution in [1.82, 2.24) is 0 Å². The van der Waals surface area contributed by atoms with Crippen molar-refractivity contribution in [2.24, 2.45) is 0 Å². The minimum absolute atomic E-state index is 0.476. The summed E-state index contributed by atoms with van der Waals surface area (Å²) < 4.78 is 17.5. The first-order chi connectivity index (χ1) is 15.8. The molecule has 1 aromatic heterocycles. The molecule has 0 aliphatic heterocycles. The lowest BCUT2D eigenvalue weighted by Crippen LogP contribution is -1.93. The predicted molar refractivity (Wildman–Crippen MR) is 131 cm³/mol. The Balaban J connectivity index is 1.73. The average molecular weight is 422 g/mol. The van der Waals surface area contributed by atoms with Crippen LogP contribution in [0.5, 0.6) is 11.5 Å². The summed E-state index contributed by atoms with van der Waals surface area (Å²) in [5.74, 6) is 3.15. The van der Waals surface area contributed by atoms with Crippen molar-refractivity contribution < 1.29 is 13.9 Å². The van der Waals surface area contributed by atoms with Gasteiger partial charge in [-0.25, -0.2) is 4.42 Å². The van der Waals surface area contributed by atoms with Crippen molar-refractivity contribution in [3.8, 4) is 45.3 Å². The van der Waals surface area contributed by atoms with Crippen molar-refractivity contribution in [2.75, 3.05) is 13.2 Å². The van der Waals surface area contributed by atoms with Gasteiger partial charge in [0.1, 0.15) is 24.7 Å². The smallest absolute Gasteiger partial charge is 0.361 e. The van der Waals surface area contributed by atoms with E-state index in [-0.39, 0.29) is 0 Å². The second-order valence-corrected chi connectivity index (χ2v) is 7.19. The van der Waals surface area contributed by atoms with E-state index in [9.17, 15) is 0 Å². The van der Waals surface area contributed by atoms with Gasteiger partial charge in [-0.1, -0.05) is 55.6 Å². The van der Waals surface area contributed by atoms with Gasteiger partial charge >= 0.3 is 11.5 Å². The highest BCUT2D eigenvalue weighted by atomic mass is 16.5. The van der Waals surface area contributed by atoms with E-state index in [1.165, 1.54) is 0 Å². The summed E-state index contributed by atoms with van der Waals surface area (Å²) in [4.78, 5) is 0. The van der Waals surface area contributed by atoms with Gasteiger partial charge in [0, 0.05) is 5.56 Å². The zero-order valence-electron chi connectivity index (χ0n) is 17.9. The van der Waals surface area contributed by atoms with Crippen molar-refractivity contribution in [2.45, 2.75) is 0 Å². The third-order valence-corrected chi connectivity index (χ3v) is 4.91. The molecule has 0 aliphatic rings. The van der Waals surface area contributed by atoms with Crippen LogP contribution in [0, 0.1) is 0 Å². The largest absolute Gasteiger partial charge is 0.490 e. The van der Waals surface area contributed by atoms with Crippen molar-refractivity contribution >= 4 is 0 Å². The molecule has 0 radical (unpaired) electrons. The highest BCUT2D eigenvalue weighted by molar-refractivity contribution is 5.74. The molecule has 3 nitrogen and oxygen atoms in total. The third kappa shape index (κ3) is 5.13. The molecular weight excluding hydrogens is 396 g/mol. The van der Waals surface area contributed by atoms with E-state index < -0.39 is 0 Å². The van der Waals surface area contributed by atoms with E-state index in [0.29, 0.717) is 13.2 Å². The summed E-state index contributed by atoms with van der Waals surface area (Å²) in [5, 5.41) is 0. The predicted octanol–water partition coefficient (Wildman–Crippen LogP) is 7.69. The molecule has 0 amide bonds. The summed E-state index contributed by atoms with van der Waals surface area (Å²) in [6.45, 7) is 8.32. The molecule has 3 aromatic carbocycles. The summed E-state index contributed by atoms with van der Waals surface area (Å²) in [6.07, 6.45) is 3.46. The quantitative estimate of drug-likeness (QED) is 0.205. The van der Waals surface area contributed by atoms with Crippen LogP contribution < -0.4 is 9.47 Å². The van der Waals surface area contributed by atoms with Crippen LogP contribution in [0.3, 0.4) is 0 Å². The van der Waals surface area contributed by atoms with Gasteiger partial charge < -0.3 is 9.47 Å². The minimum atomic E-state index is 0.476. The van der Waals surface area contributed by atoms with Crippen LogP contribution in [0.1, 0.15) is 0 Å². The van der Waals surface area contributed by atoms with Gasteiger partial charge in [0.25, 0.3) is 0 Å². The lowest BCUT2D eigenvalue weighted by molar-refractivity contribution is 0.363. The topological polar surface area (TPSA) is 29.8 Å². The number of rotatable bonds is 9. The van der Waals surface area contributed by atoms with Crippen LogP contribution in [-0.2, 0) is 0 Å². The molecule has 0 fully saturated rings. The van der Waals surface area contributed by atoms with Crippen LogP contribution >= 0.6 is 0 Å². The Hall–Kier alpha value is -4.11. The maximum Gasteiger partial charge on any atom is 0.361 e. The highest BCUT2D eigenvalue weighted by Gasteiger charge is 2.21. The van der Waals surface area contributed by atoms with E-state index in [2.05, 4.69) is 37.4 Å². The molecule has 4 rings (SSSR count). The van der Waals surface area contributed by atoms with Crippen LogP contribution in [0.2, 0.25) is 0 Å². The molecule has 0 saturated heterocycles. The van der Waals surface area contributed by atoms with Crippen LogP contribution in [-0.4, -0.2) is 13.2 Å².